The number of aliphatic carboxylic acids is 1. The van der Waals surface area contributed by atoms with Gasteiger partial charge in [-0.25, -0.2) is 14.5 Å². The van der Waals surface area contributed by atoms with Gasteiger partial charge in [0, 0.05) is 12.6 Å². The molecule has 33 heavy (non-hydrogen) atoms. The molecule has 0 aromatic carbocycles. The van der Waals surface area contributed by atoms with E-state index in [2.05, 4.69) is 20.6 Å². The lowest BCUT2D eigenvalue weighted by molar-refractivity contribution is -0.143. The average molecular weight is 456 g/mol. The summed E-state index contributed by atoms with van der Waals surface area (Å²) in [6.45, 7) is 1.89. The second kappa shape index (κ2) is 8.31. The van der Waals surface area contributed by atoms with E-state index in [1.165, 1.54) is 0 Å². The van der Waals surface area contributed by atoms with Crippen LogP contribution in [-0.2, 0) is 23.2 Å². The maximum atomic E-state index is 12.2. The van der Waals surface area contributed by atoms with Gasteiger partial charge in [0.25, 0.3) is 0 Å². The predicted octanol–water partition coefficient (Wildman–Crippen LogP) is 2.99. The summed E-state index contributed by atoms with van der Waals surface area (Å²) in [4.78, 5) is 28.2. The highest BCUT2D eigenvalue weighted by Gasteiger charge is 2.57. The molecule has 6 rings (SSSR count). The number of hydrogen-bond donors (Lipinski definition) is 2. The second-order valence-electron chi connectivity index (χ2n) is 9.69. The third-order valence-electron chi connectivity index (χ3n) is 7.24. The summed E-state index contributed by atoms with van der Waals surface area (Å²) in [5.41, 5.74) is 2.46. The number of pyridine rings is 1. The van der Waals surface area contributed by atoms with Gasteiger partial charge >= 0.3 is 12.1 Å². The van der Waals surface area contributed by atoms with Crippen molar-refractivity contribution in [3.05, 3.63) is 23.5 Å². The zero-order valence-electron chi connectivity index (χ0n) is 18.9. The van der Waals surface area contributed by atoms with Gasteiger partial charge in [-0.15, -0.1) is 5.10 Å². The summed E-state index contributed by atoms with van der Waals surface area (Å²) < 4.78 is 13.1. The standard InChI is InChI=1S/C23H29N5O5/c1-13-19(33-16-5-3-4-15(8-16)21(29)30)7-6-17(24-13)20-18(28(2)27-26-20)12-32-22(31)25-23-9-14(10-23)11-23/h6-7,14-16H,3-5,8-12H2,1-2H3,(H,25,31)(H,29,30)/t14?,15-,16-,23?/m0/s1. The summed E-state index contributed by atoms with van der Waals surface area (Å²) >= 11 is 0. The van der Waals surface area contributed by atoms with E-state index < -0.39 is 12.1 Å². The number of rotatable bonds is 7. The number of aryl methyl sites for hydroxylation is 2. The summed E-state index contributed by atoms with van der Waals surface area (Å²) in [5, 5.41) is 20.6. The number of hydrogen-bond acceptors (Lipinski definition) is 7. The average Bonchev–Trinajstić information content (AvgIpc) is 3.10. The van der Waals surface area contributed by atoms with Gasteiger partial charge in [-0.2, -0.15) is 0 Å². The Morgan fingerprint density at radius 3 is 2.73 bits per heavy atom. The first-order valence-corrected chi connectivity index (χ1v) is 11.5. The molecule has 2 aromatic heterocycles. The van der Waals surface area contributed by atoms with Crippen LogP contribution in [0.3, 0.4) is 0 Å². The van der Waals surface area contributed by atoms with Crippen molar-refractivity contribution in [2.75, 3.05) is 0 Å². The molecule has 10 heteroatoms. The van der Waals surface area contributed by atoms with Crippen molar-refractivity contribution in [1.29, 1.82) is 0 Å². The minimum Gasteiger partial charge on any atom is -0.489 e. The fourth-order valence-electron chi connectivity index (χ4n) is 5.22. The monoisotopic (exact) mass is 455 g/mol. The second-order valence-corrected chi connectivity index (χ2v) is 9.69. The molecule has 2 atom stereocenters. The number of alkyl carbamates (subject to hydrolysis) is 1. The van der Waals surface area contributed by atoms with Crippen molar-refractivity contribution in [2.45, 2.75) is 70.1 Å². The van der Waals surface area contributed by atoms with Crippen molar-refractivity contribution in [3.63, 3.8) is 0 Å². The third kappa shape index (κ3) is 4.26. The minimum atomic E-state index is -0.760. The van der Waals surface area contributed by atoms with Gasteiger partial charge in [0.2, 0.25) is 0 Å². The smallest absolute Gasteiger partial charge is 0.407 e. The normalized spacial score (nSPS) is 27.8. The van der Waals surface area contributed by atoms with Crippen molar-refractivity contribution in [1.82, 2.24) is 25.3 Å². The first-order valence-electron chi connectivity index (χ1n) is 11.5. The number of carboxylic acids is 1. The van der Waals surface area contributed by atoms with Crippen molar-refractivity contribution in [3.8, 4) is 17.1 Å². The van der Waals surface area contributed by atoms with Crippen LogP contribution in [0.2, 0.25) is 0 Å². The molecule has 0 spiro atoms. The summed E-state index contributed by atoms with van der Waals surface area (Å²) in [5.74, 6) is 0.291. The summed E-state index contributed by atoms with van der Waals surface area (Å²) in [6, 6.07) is 3.63. The molecule has 2 aromatic rings. The molecule has 0 unspecified atom stereocenters. The fourth-order valence-corrected chi connectivity index (χ4v) is 5.22. The van der Waals surface area contributed by atoms with Crippen LogP contribution in [0.15, 0.2) is 12.1 Å². The van der Waals surface area contributed by atoms with Crippen LogP contribution in [0.25, 0.3) is 11.4 Å². The molecule has 0 saturated heterocycles. The van der Waals surface area contributed by atoms with Crippen molar-refractivity contribution < 1.29 is 24.2 Å². The van der Waals surface area contributed by atoms with E-state index in [4.69, 9.17) is 9.47 Å². The van der Waals surface area contributed by atoms with Gasteiger partial charge in [0.1, 0.15) is 23.7 Å². The fraction of sp³-hybridized carbons (Fsp3) is 0.609. The Kier molecular flexibility index (Phi) is 5.46. The van der Waals surface area contributed by atoms with E-state index >= 15 is 0 Å². The number of nitrogens with one attached hydrogen (secondary N) is 1. The molecule has 4 aliphatic carbocycles. The Morgan fingerprint density at radius 1 is 1.27 bits per heavy atom. The number of carboxylic acid groups (broad SMARTS) is 1. The van der Waals surface area contributed by atoms with E-state index in [1.54, 1.807) is 17.8 Å². The molecule has 1 amide bonds. The molecular weight excluding hydrogens is 426 g/mol. The van der Waals surface area contributed by atoms with Gasteiger partial charge < -0.3 is 19.9 Å². The Labute approximate surface area is 191 Å². The lowest BCUT2D eigenvalue weighted by Gasteiger charge is -2.61. The summed E-state index contributed by atoms with van der Waals surface area (Å²) in [7, 11) is 1.75. The topological polar surface area (TPSA) is 128 Å². The molecule has 4 fully saturated rings. The molecule has 10 nitrogen and oxygen atoms in total. The lowest BCUT2D eigenvalue weighted by Crippen LogP contribution is -2.68. The Morgan fingerprint density at radius 2 is 2.06 bits per heavy atom. The van der Waals surface area contributed by atoms with Crippen LogP contribution in [-0.4, -0.2) is 48.8 Å². The minimum absolute atomic E-state index is 0.0351. The van der Waals surface area contributed by atoms with Gasteiger partial charge in [0.15, 0.2) is 0 Å². The quantitative estimate of drug-likeness (QED) is 0.652. The van der Waals surface area contributed by atoms with Gasteiger partial charge in [-0.05, 0) is 69.9 Å². The van der Waals surface area contributed by atoms with Gasteiger partial charge in [-0.3, -0.25) is 4.79 Å². The SMILES string of the molecule is Cc1nc(-c2nnn(C)c2COC(=O)NC23CC(C2)C3)ccc1O[C@H]1CCC[C@H](C(=O)O)C1. The largest absolute Gasteiger partial charge is 0.489 e. The molecule has 2 N–H and O–H groups in total. The molecule has 2 bridgehead atoms. The molecule has 176 valence electrons. The van der Waals surface area contributed by atoms with Crippen LogP contribution >= 0.6 is 0 Å². The van der Waals surface area contributed by atoms with E-state index in [0.29, 0.717) is 41.4 Å². The highest BCUT2D eigenvalue weighted by molar-refractivity contribution is 5.70. The molecular formula is C23H29N5O5. The van der Waals surface area contributed by atoms with Crippen molar-refractivity contribution in [2.24, 2.45) is 18.9 Å². The summed E-state index contributed by atoms with van der Waals surface area (Å²) in [6.07, 6.45) is 5.48. The first-order chi connectivity index (χ1) is 15.8. The molecule has 0 aliphatic heterocycles. The zero-order valence-corrected chi connectivity index (χ0v) is 18.9. The van der Waals surface area contributed by atoms with Crippen LogP contribution in [0.4, 0.5) is 4.79 Å². The van der Waals surface area contributed by atoms with E-state index in [1.807, 2.05) is 13.0 Å². The van der Waals surface area contributed by atoms with Gasteiger partial charge in [0.05, 0.1) is 23.4 Å². The first kappa shape index (κ1) is 21.7. The maximum Gasteiger partial charge on any atom is 0.407 e. The number of nitrogens with zero attached hydrogens (tertiary/aromatic N) is 4. The van der Waals surface area contributed by atoms with E-state index in [0.717, 1.165) is 38.0 Å². The third-order valence-corrected chi connectivity index (χ3v) is 7.24. The lowest BCUT2D eigenvalue weighted by atomic mass is 9.50. The number of ether oxygens (including phenoxy) is 2. The number of aromatic nitrogens is 4. The highest BCUT2D eigenvalue weighted by atomic mass is 16.5. The van der Waals surface area contributed by atoms with E-state index in [-0.39, 0.29) is 24.2 Å². The number of amides is 1. The molecule has 4 saturated carbocycles. The van der Waals surface area contributed by atoms with Crippen LogP contribution in [0.5, 0.6) is 5.75 Å². The molecule has 0 radical (unpaired) electrons. The number of carbonyl (C=O) groups excluding carboxylic acids is 1. The zero-order chi connectivity index (χ0) is 23.2. The highest BCUT2D eigenvalue weighted by Crippen LogP contribution is 2.56. The Balaban J connectivity index is 1.24. The maximum absolute atomic E-state index is 12.2. The van der Waals surface area contributed by atoms with Crippen LogP contribution < -0.4 is 10.1 Å². The molecule has 2 heterocycles. The van der Waals surface area contributed by atoms with Crippen LogP contribution in [0, 0.1) is 18.8 Å². The Hall–Kier alpha value is -3.17. The van der Waals surface area contributed by atoms with Gasteiger partial charge in [-0.1, -0.05) is 5.21 Å². The van der Waals surface area contributed by atoms with Crippen molar-refractivity contribution >= 4 is 12.1 Å². The van der Waals surface area contributed by atoms with Crippen LogP contribution in [0.1, 0.15) is 56.3 Å². The Bertz CT molecular complexity index is 1070. The predicted molar refractivity (Wildman–Crippen MR) is 116 cm³/mol. The molecule has 4 aliphatic rings. The van der Waals surface area contributed by atoms with E-state index in [9.17, 15) is 14.7 Å². The number of carbonyl (C=O) groups is 2.